The molecule has 0 unspecified atom stereocenters. The number of nitrogens with two attached hydrogens (primary N) is 1. The number of aromatic nitrogens is 2. The van der Waals surface area contributed by atoms with Gasteiger partial charge >= 0.3 is 0 Å². The maximum atomic E-state index is 12.5. The van der Waals surface area contributed by atoms with Crippen LogP contribution in [0.2, 0.25) is 0 Å². The highest BCUT2D eigenvalue weighted by Gasteiger charge is 2.22. The predicted molar refractivity (Wildman–Crippen MR) is 89.7 cm³/mol. The highest BCUT2D eigenvalue weighted by atomic mass is 79.9. The van der Waals surface area contributed by atoms with Gasteiger partial charge in [-0.05, 0) is 41.9 Å². The summed E-state index contributed by atoms with van der Waals surface area (Å²) in [5.41, 5.74) is 6.36. The second kappa shape index (κ2) is 5.98. The van der Waals surface area contributed by atoms with Gasteiger partial charge < -0.3 is 5.73 Å². The monoisotopic (exact) mass is 436 g/mol. The number of nitrogen functional groups attached to an aromatic ring is 1. The molecule has 0 radical (unpaired) electrons. The molecule has 0 aliphatic heterocycles. The molecule has 21 heavy (non-hydrogen) atoms. The fraction of sp³-hybridized carbons (Fsp3) is 0.250. The molecular formula is C12H14Br2N4O2S. The van der Waals surface area contributed by atoms with Crippen LogP contribution in [0.1, 0.15) is 19.9 Å². The summed E-state index contributed by atoms with van der Waals surface area (Å²) in [7, 11) is -3.80. The highest BCUT2D eigenvalue weighted by Crippen LogP contribution is 2.32. The van der Waals surface area contributed by atoms with Crippen molar-refractivity contribution in [3.8, 4) is 0 Å². The molecule has 0 spiro atoms. The summed E-state index contributed by atoms with van der Waals surface area (Å²) in [5.74, 6) is 0. The molecule has 1 heterocycles. The molecule has 1 aromatic carbocycles. The van der Waals surface area contributed by atoms with Crippen LogP contribution in [0, 0.1) is 0 Å². The van der Waals surface area contributed by atoms with Gasteiger partial charge in [0.25, 0.3) is 10.0 Å². The first-order valence-corrected chi connectivity index (χ1v) is 9.09. The van der Waals surface area contributed by atoms with E-state index >= 15 is 0 Å². The lowest BCUT2D eigenvalue weighted by molar-refractivity contribution is 0.532. The number of benzene rings is 1. The molecule has 3 N–H and O–H groups in total. The standard InChI is InChI=1S/C12H14Br2N4O2S/c1-7(2)18-6-9(5-16-18)17-21(19,20)12-10(14)3-8(13)4-11(12)15/h3-7,17H,15H2,1-2H3. The zero-order chi connectivity index (χ0) is 15.8. The molecule has 6 nitrogen and oxygen atoms in total. The molecule has 0 saturated carbocycles. The average Bonchev–Trinajstić information content (AvgIpc) is 2.74. The van der Waals surface area contributed by atoms with Crippen molar-refractivity contribution in [3.05, 3.63) is 33.5 Å². The third kappa shape index (κ3) is 3.58. The Morgan fingerprint density at radius 1 is 1.33 bits per heavy atom. The van der Waals surface area contributed by atoms with Gasteiger partial charge in [0.2, 0.25) is 0 Å². The summed E-state index contributed by atoms with van der Waals surface area (Å²) in [6.45, 7) is 3.91. The van der Waals surface area contributed by atoms with Gasteiger partial charge in [0, 0.05) is 21.2 Å². The first-order chi connectivity index (χ1) is 9.70. The van der Waals surface area contributed by atoms with Crippen molar-refractivity contribution in [2.45, 2.75) is 24.8 Å². The van der Waals surface area contributed by atoms with Crippen molar-refractivity contribution in [1.82, 2.24) is 9.78 Å². The summed E-state index contributed by atoms with van der Waals surface area (Å²) in [6, 6.07) is 3.31. The van der Waals surface area contributed by atoms with Crippen LogP contribution in [-0.2, 0) is 10.0 Å². The van der Waals surface area contributed by atoms with Gasteiger partial charge in [0.15, 0.2) is 0 Å². The van der Waals surface area contributed by atoms with Gasteiger partial charge in [0.05, 0.1) is 17.6 Å². The van der Waals surface area contributed by atoms with E-state index in [0.29, 0.717) is 14.6 Å². The van der Waals surface area contributed by atoms with Crippen molar-refractivity contribution in [3.63, 3.8) is 0 Å². The van der Waals surface area contributed by atoms with E-state index in [4.69, 9.17) is 5.73 Å². The minimum Gasteiger partial charge on any atom is -0.398 e. The number of rotatable bonds is 4. The highest BCUT2D eigenvalue weighted by molar-refractivity contribution is 9.11. The van der Waals surface area contributed by atoms with E-state index in [1.807, 2.05) is 13.8 Å². The van der Waals surface area contributed by atoms with Crippen molar-refractivity contribution in [2.24, 2.45) is 0 Å². The Kier molecular flexibility index (Phi) is 4.64. The Balaban J connectivity index is 2.38. The van der Waals surface area contributed by atoms with Gasteiger partial charge in [-0.2, -0.15) is 5.10 Å². The predicted octanol–water partition coefficient (Wildman–Crippen LogP) is 3.37. The number of sulfonamides is 1. The number of hydrogen-bond acceptors (Lipinski definition) is 4. The van der Waals surface area contributed by atoms with Crippen molar-refractivity contribution < 1.29 is 8.42 Å². The Hall–Kier alpha value is -1.06. The number of halogens is 2. The summed E-state index contributed by atoms with van der Waals surface area (Å²) >= 11 is 6.49. The summed E-state index contributed by atoms with van der Waals surface area (Å²) < 4.78 is 30.1. The van der Waals surface area contributed by atoms with E-state index in [1.54, 1.807) is 16.9 Å². The Bertz CT molecular complexity index is 748. The average molecular weight is 438 g/mol. The minimum absolute atomic E-state index is 0.00277. The van der Waals surface area contributed by atoms with E-state index < -0.39 is 10.0 Å². The van der Waals surface area contributed by atoms with Crippen molar-refractivity contribution in [1.29, 1.82) is 0 Å². The van der Waals surface area contributed by atoms with E-state index in [2.05, 4.69) is 41.7 Å². The van der Waals surface area contributed by atoms with Crippen LogP contribution < -0.4 is 10.5 Å². The Labute approximate surface area is 140 Å². The van der Waals surface area contributed by atoms with E-state index in [9.17, 15) is 8.42 Å². The maximum absolute atomic E-state index is 12.5. The summed E-state index contributed by atoms with van der Waals surface area (Å²) in [6.07, 6.45) is 3.09. The maximum Gasteiger partial charge on any atom is 0.265 e. The van der Waals surface area contributed by atoms with E-state index in [-0.39, 0.29) is 16.6 Å². The first kappa shape index (κ1) is 16.3. The fourth-order valence-electron chi connectivity index (χ4n) is 1.74. The molecule has 0 amide bonds. The fourth-order valence-corrected chi connectivity index (χ4v) is 4.84. The molecule has 0 fully saturated rings. The van der Waals surface area contributed by atoms with Crippen molar-refractivity contribution in [2.75, 3.05) is 10.5 Å². The third-order valence-electron chi connectivity index (χ3n) is 2.69. The molecule has 0 saturated heterocycles. The van der Waals surface area contributed by atoms with Crippen LogP contribution in [0.4, 0.5) is 11.4 Å². The number of nitrogens with one attached hydrogen (secondary N) is 1. The SMILES string of the molecule is CC(C)n1cc(NS(=O)(=O)c2c(N)cc(Br)cc2Br)cn1. The van der Waals surface area contributed by atoms with E-state index in [1.165, 1.54) is 12.3 Å². The number of hydrogen-bond donors (Lipinski definition) is 2. The van der Waals surface area contributed by atoms with Gasteiger partial charge in [-0.25, -0.2) is 8.42 Å². The molecule has 114 valence electrons. The Morgan fingerprint density at radius 2 is 2.00 bits per heavy atom. The number of nitrogens with zero attached hydrogens (tertiary/aromatic N) is 2. The lowest BCUT2D eigenvalue weighted by Crippen LogP contribution is -2.15. The zero-order valence-corrected chi connectivity index (χ0v) is 15.3. The zero-order valence-electron chi connectivity index (χ0n) is 11.3. The molecule has 1 aromatic heterocycles. The number of anilines is 2. The van der Waals surface area contributed by atoms with Crippen LogP contribution in [0.5, 0.6) is 0 Å². The van der Waals surface area contributed by atoms with Crippen LogP contribution >= 0.6 is 31.9 Å². The lowest BCUT2D eigenvalue weighted by atomic mass is 10.3. The molecule has 2 aromatic rings. The van der Waals surface area contributed by atoms with Crippen LogP contribution in [-0.4, -0.2) is 18.2 Å². The molecule has 9 heteroatoms. The van der Waals surface area contributed by atoms with Crippen LogP contribution in [0.25, 0.3) is 0 Å². The second-order valence-corrected chi connectivity index (χ2v) is 8.10. The third-order valence-corrected chi connectivity index (χ3v) is 5.53. The van der Waals surface area contributed by atoms with Crippen LogP contribution in [0.15, 0.2) is 38.4 Å². The van der Waals surface area contributed by atoms with Crippen molar-refractivity contribution >= 4 is 53.3 Å². The minimum atomic E-state index is -3.80. The van der Waals surface area contributed by atoms with Gasteiger partial charge in [-0.1, -0.05) is 15.9 Å². The molecule has 0 bridgehead atoms. The van der Waals surface area contributed by atoms with E-state index in [0.717, 1.165) is 0 Å². The quantitative estimate of drug-likeness (QED) is 0.717. The van der Waals surface area contributed by atoms with Gasteiger partial charge in [-0.15, -0.1) is 0 Å². The first-order valence-electron chi connectivity index (χ1n) is 6.02. The normalized spacial score (nSPS) is 11.9. The Morgan fingerprint density at radius 3 is 2.52 bits per heavy atom. The molecule has 0 aliphatic carbocycles. The smallest absolute Gasteiger partial charge is 0.265 e. The second-order valence-electron chi connectivity index (χ2n) is 4.71. The molecule has 0 aliphatic rings. The lowest BCUT2D eigenvalue weighted by Gasteiger charge is -2.11. The molecule has 0 atom stereocenters. The topological polar surface area (TPSA) is 90.0 Å². The summed E-state index contributed by atoms with van der Waals surface area (Å²) in [5, 5.41) is 4.09. The van der Waals surface area contributed by atoms with Gasteiger partial charge in [0.1, 0.15) is 4.90 Å². The van der Waals surface area contributed by atoms with Crippen LogP contribution in [0.3, 0.4) is 0 Å². The molecule has 2 rings (SSSR count). The molecular weight excluding hydrogens is 424 g/mol. The van der Waals surface area contributed by atoms with Gasteiger partial charge in [-0.3, -0.25) is 9.40 Å². The summed E-state index contributed by atoms with van der Waals surface area (Å²) in [4.78, 5) is 0.00277. The largest absolute Gasteiger partial charge is 0.398 e.